The van der Waals surface area contributed by atoms with Crippen LogP contribution in [0.25, 0.3) is 0 Å². The molecule has 116 valence electrons. The minimum Gasteiger partial charge on any atom is -0.371 e. The molecular weight excluding hydrogens is 252 g/mol. The van der Waals surface area contributed by atoms with Crippen molar-refractivity contribution >= 4 is 5.91 Å². The molecule has 4 nitrogen and oxygen atoms in total. The summed E-state index contributed by atoms with van der Waals surface area (Å²) in [7, 11) is 0. The molecule has 1 unspecified atom stereocenters. The third-order valence-corrected chi connectivity index (χ3v) is 5.10. The first kappa shape index (κ1) is 15.8. The monoisotopic (exact) mass is 283 g/mol. The van der Waals surface area contributed by atoms with Gasteiger partial charge in [0.15, 0.2) is 0 Å². The van der Waals surface area contributed by atoms with Crippen LogP contribution in [0.5, 0.6) is 0 Å². The van der Waals surface area contributed by atoms with Gasteiger partial charge in [-0.2, -0.15) is 0 Å². The second kappa shape index (κ2) is 7.99. The molecule has 2 fully saturated rings. The first-order chi connectivity index (χ1) is 9.76. The standard InChI is InChI=1S/C16H30N2O2/c1-3-17(4-2)16(19)13-20-12-14-8-7-11-18-10-6-5-9-15(14)18/h14-15H,3-13H2,1-2H3/p+1/t14-,15+/m0/s1. The summed E-state index contributed by atoms with van der Waals surface area (Å²) in [6.45, 7) is 9.34. The Labute approximate surface area is 123 Å². The second-order valence-electron chi connectivity index (χ2n) is 6.24. The van der Waals surface area contributed by atoms with Crippen LogP contribution in [-0.4, -0.2) is 56.2 Å². The first-order valence-corrected chi connectivity index (χ1v) is 8.46. The van der Waals surface area contributed by atoms with Crippen LogP contribution >= 0.6 is 0 Å². The van der Waals surface area contributed by atoms with E-state index in [4.69, 9.17) is 4.74 Å². The molecule has 1 N–H and O–H groups in total. The number of hydrogen-bond acceptors (Lipinski definition) is 2. The molecule has 20 heavy (non-hydrogen) atoms. The summed E-state index contributed by atoms with van der Waals surface area (Å²) in [5.74, 6) is 0.808. The molecule has 1 amide bonds. The number of carbonyl (C=O) groups is 1. The van der Waals surface area contributed by atoms with Crippen molar-refractivity contribution in [3.8, 4) is 0 Å². The van der Waals surface area contributed by atoms with Crippen LogP contribution in [0.2, 0.25) is 0 Å². The van der Waals surface area contributed by atoms with Crippen molar-refractivity contribution in [3.05, 3.63) is 0 Å². The van der Waals surface area contributed by atoms with Crippen molar-refractivity contribution in [2.45, 2.75) is 52.0 Å². The van der Waals surface area contributed by atoms with Gasteiger partial charge in [-0.25, -0.2) is 0 Å². The highest BCUT2D eigenvalue weighted by Gasteiger charge is 2.36. The zero-order chi connectivity index (χ0) is 14.4. The number of ether oxygens (including phenoxy) is 1. The maximum absolute atomic E-state index is 11.9. The Bertz CT molecular complexity index is 303. The van der Waals surface area contributed by atoms with Gasteiger partial charge in [-0.1, -0.05) is 0 Å². The van der Waals surface area contributed by atoms with Crippen LogP contribution in [0.1, 0.15) is 46.0 Å². The summed E-state index contributed by atoms with van der Waals surface area (Å²) in [5, 5.41) is 0. The highest BCUT2D eigenvalue weighted by atomic mass is 16.5. The Morgan fingerprint density at radius 1 is 1.15 bits per heavy atom. The van der Waals surface area contributed by atoms with Crippen molar-refractivity contribution < 1.29 is 14.4 Å². The van der Waals surface area contributed by atoms with E-state index in [2.05, 4.69) is 0 Å². The van der Waals surface area contributed by atoms with E-state index >= 15 is 0 Å². The SMILES string of the molecule is CCN(CC)C(=O)COC[C@@H]1CCC[NH+]2CCCC[C@H]12. The molecule has 2 aliphatic rings. The lowest BCUT2D eigenvalue weighted by molar-refractivity contribution is -0.940. The third kappa shape index (κ3) is 3.95. The summed E-state index contributed by atoms with van der Waals surface area (Å²) < 4.78 is 5.76. The highest BCUT2D eigenvalue weighted by molar-refractivity contribution is 5.77. The fourth-order valence-electron chi connectivity index (χ4n) is 3.94. The molecule has 0 aliphatic carbocycles. The van der Waals surface area contributed by atoms with E-state index in [1.54, 1.807) is 4.90 Å². The van der Waals surface area contributed by atoms with E-state index in [1.165, 1.54) is 45.2 Å². The highest BCUT2D eigenvalue weighted by Crippen LogP contribution is 2.20. The fourth-order valence-corrected chi connectivity index (χ4v) is 3.94. The van der Waals surface area contributed by atoms with Crippen LogP contribution < -0.4 is 4.90 Å². The van der Waals surface area contributed by atoms with Crippen molar-refractivity contribution in [2.24, 2.45) is 5.92 Å². The van der Waals surface area contributed by atoms with Gasteiger partial charge in [0, 0.05) is 19.0 Å². The lowest BCUT2D eigenvalue weighted by Gasteiger charge is -2.41. The Morgan fingerprint density at radius 2 is 1.90 bits per heavy atom. The Balaban J connectivity index is 1.74. The molecule has 2 heterocycles. The number of rotatable bonds is 6. The Morgan fingerprint density at radius 3 is 2.65 bits per heavy atom. The number of fused-ring (bicyclic) bond motifs is 1. The fraction of sp³-hybridized carbons (Fsp3) is 0.938. The summed E-state index contributed by atoms with van der Waals surface area (Å²) in [6.07, 6.45) is 6.73. The van der Waals surface area contributed by atoms with Crippen molar-refractivity contribution in [1.29, 1.82) is 0 Å². The molecule has 4 heteroatoms. The van der Waals surface area contributed by atoms with Gasteiger partial charge in [-0.05, 0) is 46.0 Å². The van der Waals surface area contributed by atoms with Crippen LogP contribution in [0, 0.1) is 5.92 Å². The van der Waals surface area contributed by atoms with E-state index in [1.807, 2.05) is 18.7 Å². The lowest BCUT2D eigenvalue weighted by atomic mass is 9.84. The van der Waals surface area contributed by atoms with E-state index < -0.39 is 0 Å². The van der Waals surface area contributed by atoms with Crippen molar-refractivity contribution in [3.63, 3.8) is 0 Å². The molecule has 0 aromatic carbocycles. The van der Waals surface area contributed by atoms with Crippen molar-refractivity contribution in [2.75, 3.05) is 39.4 Å². The van der Waals surface area contributed by atoms with E-state index in [0.29, 0.717) is 5.92 Å². The summed E-state index contributed by atoms with van der Waals surface area (Å²) in [4.78, 5) is 15.6. The number of likely N-dealkylation sites (N-methyl/N-ethyl adjacent to an activating group) is 1. The third-order valence-electron chi connectivity index (χ3n) is 5.10. The van der Waals surface area contributed by atoms with E-state index in [0.717, 1.165) is 25.7 Å². The molecule has 3 atom stereocenters. The lowest BCUT2D eigenvalue weighted by Crippen LogP contribution is -3.18. The number of quaternary nitrogens is 1. The number of nitrogens with one attached hydrogen (secondary N) is 1. The zero-order valence-electron chi connectivity index (χ0n) is 13.2. The topological polar surface area (TPSA) is 34.0 Å². The van der Waals surface area contributed by atoms with Crippen LogP contribution in [-0.2, 0) is 9.53 Å². The van der Waals surface area contributed by atoms with Gasteiger partial charge in [0.25, 0.3) is 0 Å². The molecule has 2 saturated heterocycles. The van der Waals surface area contributed by atoms with Gasteiger partial charge in [-0.3, -0.25) is 4.79 Å². The van der Waals surface area contributed by atoms with Gasteiger partial charge in [0.2, 0.25) is 5.91 Å². The molecule has 0 radical (unpaired) electrons. The van der Waals surface area contributed by atoms with E-state index in [-0.39, 0.29) is 12.5 Å². The number of piperidine rings is 2. The zero-order valence-corrected chi connectivity index (χ0v) is 13.2. The number of amides is 1. The average Bonchev–Trinajstić information content (AvgIpc) is 2.49. The van der Waals surface area contributed by atoms with Gasteiger partial charge in [-0.15, -0.1) is 0 Å². The predicted molar refractivity (Wildman–Crippen MR) is 79.8 cm³/mol. The van der Waals surface area contributed by atoms with Gasteiger partial charge in [0.1, 0.15) is 6.61 Å². The smallest absolute Gasteiger partial charge is 0.248 e. The molecule has 2 rings (SSSR count). The molecule has 0 saturated carbocycles. The summed E-state index contributed by atoms with van der Waals surface area (Å²) in [6, 6.07) is 0.793. The minimum atomic E-state index is 0.138. The van der Waals surface area contributed by atoms with Gasteiger partial charge in [0.05, 0.1) is 25.7 Å². The second-order valence-corrected chi connectivity index (χ2v) is 6.24. The Kier molecular flexibility index (Phi) is 6.30. The quantitative estimate of drug-likeness (QED) is 0.779. The largest absolute Gasteiger partial charge is 0.371 e. The van der Waals surface area contributed by atoms with Crippen molar-refractivity contribution in [1.82, 2.24) is 4.90 Å². The molecular formula is C16H31N2O2+. The van der Waals surface area contributed by atoms with Gasteiger partial charge >= 0.3 is 0 Å². The molecule has 0 spiro atoms. The Hall–Kier alpha value is -0.610. The average molecular weight is 283 g/mol. The molecule has 0 aromatic heterocycles. The van der Waals surface area contributed by atoms with Crippen LogP contribution in [0.15, 0.2) is 0 Å². The van der Waals surface area contributed by atoms with Crippen LogP contribution in [0.4, 0.5) is 0 Å². The maximum atomic E-state index is 11.9. The predicted octanol–water partition coefficient (Wildman–Crippen LogP) is 0.719. The molecule has 0 bridgehead atoms. The first-order valence-electron chi connectivity index (χ1n) is 8.46. The van der Waals surface area contributed by atoms with E-state index in [9.17, 15) is 4.79 Å². The van der Waals surface area contributed by atoms with Crippen LogP contribution in [0.3, 0.4) is 0 Å². The molecule has 0 aromatic rings. The molecule has 2 aliphatic heterocycles. The number of carbonyl (C=O) groups excluding carboxylic acids is 1. The number of nitrogens with zero attached hydrogens (tertiary/aromatic N) is 1. The summed E-state index contributed by atoms with van der Waals surface area (Å²) >= 11 is 0. The number of hydrogen-bond donors (Lipinski definition) is 1. The summed E-state index contributed by atoms with van der Waals surface area (Å²) in [5.41, 5.74) is 0. The maximum Gasteiger partial charge on any atom is 0.248 e. The normalized spacial score (nSPS) is 29.8. The minimum absolute atomic E-state index is 0.138. The van der Waals surface area contributed by atoms with Gasteiger partial charge < -0.3 is 14.5 Å².